The minimum absolute atomic E-state index is 0.120. The van der Waals surface area contributed by atoms with Gasteiger partial charge in [-0.1, -0.05) is 12.1 Å². The Hall–Kier alpha value is -3.21. The van der Waals surface area contributed by atoms with Crippen LogP contribution in [0.5, 0.6) is 0 Å². The van der Waals surface area contributed by atoms with Gasteiger partial charge < -0.3 is 24.8 Å². The Balaban J connectivity index is 0.000000804. The van der Waals surface area contributed by atoms with E-state index in [0.29, 0.717) is 13.2 Å². The summed E-state index contributed by atoms with van der Waals surface area (Å²) in [4.78, 5) is 33.3. The van der Waals surface area contributed by atoms with Crippen molar-refractivity contribution in [3.63, 3.8) is 0 Å². The van der Waals surface area contributed by atoms with Gasteiger partial charge in [0.1, 0.15) is 11.4 Å². The number of amides is 2. The molecule has 0 spiro atoms. The van der Waals surface area contributed by atoms with Crippen LogP contribution in [-0.2, 0) is 14.2 Å². The third-order valence-electron chi connectivity index (χ3n) is 3.65. The van der Waals surface area contributed by atoms with E-state index in [1.807, 2.05) is 0 Å². The van der Waals surface area contributed by atoms with Crippen LogP contribution in [0, 0.1) is 15.9 Å². The highest BCUT2D eigenvalue weighted by Crippen LogP contribution is 2.23. The Bertz CT molecular complexity index is 793. The molecule has 0 radical (unpaired) electrons. The van der Waals surface area contributed by atoms with Gasteiger partial charge in [-0.3, -0.25) is 10.1 Å². The number of hydrogen-bond donors (Lipinski definition) is 1. The zero-order chi connectivity index (χ0) is 22.9. The largest absolute Gasteiger partial charge is 0.453 e. The maximum Gasteiger partial charge on any atom is 0.410 e. The highest BCUT2D eigenvalue weighted by Gasteiger charge is 2.27. The Morgan fingerprint density at radius 1 is 1.40 bits per heavy atom. The molecule has 1 fully saturated rings. The van der Waals surface area contributed by atoms with Crippen LogP contribution < -0.4 is 5.73 Å². The van der Waals surface area contributed by atoms with Gasteiger partial charge in [-0.05, 0) is 32.9 Å². The molecule has 1 heterocycles. The minimum atomic E-state index is -0.745. The van der Waals surface area contributed by atoms with Crippen LogP contribution in [0.15, 0.2) is 24.3 Å². The summed E-state index contributed by atoms with van der Waals surface area (Å²) in [5.74, 6) is -0.690. The van der Waals surface area contributed by atoms with E-state index in [2.05, 4.69) is 10.5 Å². The molecule has 1 saturated heterocycles. The monoisotopic (exact) mass is 427 g/mol. The van der Waals surface area contributed by atoms with Crippen LogP contribution in [0.3, 0.4) is 0 Å². The normalized spacial score (nSPS) is 16.4. The lowest BCUT2D eigenvalue weighted by molar-refractivity contribution is -0.385. The van der Waals surface area contributed by atoms with Gasteiger partial charge in [-0.15, -0.1) is 0 Å². The molecule has 1 atom stereocenters. The lowest BCUT2D eigenvalue weighted by Crippen LogP contribution is -2.46. The van der Waals surface area contributed by atoms with Crippen LogP contribution >= 0.6 is 0 Å². The summed E-state index contributed by atoms with van der Waals surface area (Å²) in [5, 5.41) is 11.0. The van der Waals surface area contributed by atoms with Crippen LogP contribution in [0.1, 0.15) is 26.3 Å². The topological polar surface area (TPSA) is 134 Å². The van der Waals surface area contributed by atoms with Crippen molar-refractivity contribution in [2.45, 2.75) is 32.5 Å². The lowest BCUT2D eigenvalue weighted by Gasteiger charge is -2.33. The third kappa shape index (κ3) is 8.43. The molecule has 2 amide bonds. The summed E-state index contributed by atoms with van der Waals surface area (Å²) in [5.41, 5.74) is 3.38. The summed E-state index contributed by atoms with van der Waals surface area (Å²) in [6, 6.07) is 3.67. The molecule has 0 aliphatic carbocycles. The number of ether oxygens (including phenoxy) is 3. The second-order valence-corrected chi connectivity index (χ2v) is 7.15. The Morgan fingerprint density at radius 3 is 2.57 bits per heavy atom. The second-order valence-electron chi connectivity index (χ2n) is 7.15. The number of nitro benzene ring substituents is 1. The van der Waals surface area contributed by atoms with Gasteiger partial charge in [-0.25, -0.2) is 14.0 Å². The zero-order valence-corrected chi connectivity index (χ0v) is 17.3. The molecule has 2 N–H and O–H groups in total. The van der Waals surface area contributed by atoms with Crippen LogP contribution in [0.4, 0.5) is 19.7 Å². The fourth-order valence-electron chi connectivity index (χ4n) is 2.34. The number of carbonyl (C=O) groups excluding carboxylic acids is 2. The highest BCUT2D eigenvalue weighted by molar-refractivity contribution is 5.68. The molecule has 1 aromatic rings. The van der Waals surface area contributed by atoms with Crippen molar-refractivity contribution in [3.05, 3.63) is 45.8 Å². The van der Waals surface area contributed by atoms with Crippen LogP contribution in [0.25, 0.3) is 6.08 Å². The second kappa shape index (κ2) is 11.1. The molecular weight excluding hydrogens is 401 g/mol. The first-order chi connectivity index (χ1) is 13.9. The van der Waals surface area contributed by atoms with Gasteiger partial charge in [0.25, 0.3) is 5.69 Å². The molecule has 11 heteroatoms. The van der Waals surface area contributed by atoms with Crippen LogP contribution in [-0.4, -0.2) is 60.5 Å². The average molecular weight is 427 g/mol. The molecule has 1 aliphatic heterocycles. The summed E-state index contributed by atoms with van der Waals surface area (Å²) >= 11 is 0. The van der Waals surface area contributed by atoms with E-state index in [4.69, 9.17) is 9.47 Å². The number of hydrogen-bond acceptors (Lipinski definition) is 7. The molecule has 166 valence electrons. The van der Waals surface area contributed by atoms with Gasteiger partial charge in [-0.2, -0.15) is 0 Å². The summed E-state index contributed by atoms with van der Waals surface area (Å²) < 4.78 is 28.6. The molecule has 0 bridgehead atoms. The van der Waals surface area contributed by atoms with Crippen molar-refractivity contribution < 1.29 is 33.1 Å². The van der Waals surface area contributed by atoms with E-state index < -0.39 is 34.6 Å². The molecule has 0 aromatic heterocycles. The number of methoxy groups -OCH3 is 1. The number of halogens is 1. The van der Waals surface area contributed by atoms with Gasteiger partial charge in [0.05, 0.1) is 36.9 Å². The van der Waals surface area contributed by atoms with Crippen molar-refractivity contribution in [3.8, 4) is 0 Å². The number of benzene rings is 1. The smallest absolute Gasteiger partial charge is 0.410 e. The maximum absolute atomic E-state index is 13.9. The van der Waals surface area contributed by atoms with E-state index in [9.17, 15) is 24.1 Å². The average Bonchev–Trinajstić information content (AvgIpc) is 2.66. The number of nitro groups is 1. The predicted molar refractivity (Wildman–Crippen MR) is 106 cm³/mol. The lowest BCUT2D eigenvalue weighted by atomic mass is 10.1. The Morgan fingerprint density at radius 2 is 2.03 bits per heavy atom. The molecule has 0 unspecified atom stereocenters. The quantitative estimate of drug-likeness (QED) is 0.578. The van der Waals surface area contributed by atoms with Gasteiger partial charge in [0.15, 0.2) is 0 Å². The number of primary amides is 1. The maximum atomic E-state index is 13.9. The van der Waals surface area contributed by atoms with Crippen molar-refractivity contribution in [2.75, 3.05) is 26.8 Å². The predicted octanol–water partition coefficient (Wildman–Crippen LogP) is 3.09. The fraction of sp³-hybridized carbons (Fsp3) is 0.474. The summed E-state index contributed by atoms with van der Waals surface area (Å²) in [6.45, 7) is 6.25. The zero-order valence-electron chi connectivity index (χ0n) is 17.3. The SMILES string of the molecule is CC(C)(C)OC(=O)N1CCO[C@H](/C=C/c2c(F)cccc2[N+](=O)[O-])C1.COC(N)=O. The molecule has 30 heavy (non-hydrogen) atoms. The van der Waals surface area contributed by atoms with Crippen molar-refractivity contribution in [1.82, 2.24) is 4.90 Å². The van der Waals surface area contributed by atoms with Gasteiger partial charge in [0.2, 0.25) is 0 Å². The fourth-order valence-corrected chi connectivity index (χ4v) is 2.34. The number of rotatable bonds is 3. The van der Waals surface area contributed by atoms with E-state index in [-0.39, 0.29) is 17.8 Å². The van der Waals surface area contributed by atoms with Crippen LogP contribution in [0.2, 0.25) is 0 Å². The van der Waals surface area contributed by atoms with E-state index >= 15 is 0 Å². The van der Waals surface area contributed by atoms with E-state index in [1.54, 1.807) is 20.8 Å². The molecule has 10 nitrogen and oxygen atoms in total. The van der Waals surface area contributed by atoms with E-state index in [1.165, 1.54) is 36.3 Å². The molecule has 0 saturated carbocycles. The number of carbonyl (C=O) groups is 2. The summed E-state index contributed by atoms with van der Waals surface area (Å²) in [7, 11) is 1.22. The van der Waals surface area contributed by atoms with Crippen molar-refractivity contribution in [2.24, 2.45) is 5.73 Å². The van der Waals surface area contributed by atoms with Crippen molar-refractivity contribution in [1.29, 1.82) is 0 Å². The third-order valence-corrected chi connectivity index (χ3v) is 3.65. The molecular formula is C19H26FN3O7. The first kappa shape index (κ1) is 24.8. The minimum Gasteiger partial charge on any atom is -0.453 e. The number of nitrogens with zero attached hydrogens (tertiary/aromatic N) is 2. The van der Waals surface area contributed by atoms with E-state index in [0.717, 1.165) is 6.07 Å². The highest BCUT2D eigenvalue weighted by atomic mass is 19.1. The molecule has 1 aromatic carbocycles. The van der Waals surface area contributed by atoms with Gasteiger partial charge >= 0.3 is 12.2 Å². The molecule has 1 aliphatic rings. The molecule has 2 rings (SSSR count). The van der Waals surface area contributed by atoms with Gasteiger partial charge in [0, 0.05) is 12.6 Å². The Kier molecular flexibility index (Phi) is 9.18. The Labute approximate surface area is 173 Å². The number of morpholine rings is 1. The first-order valence-electron chi connectivity index (χ1n) is 8.98. The standard InChI is InChI=1S/C17H21FN2O5.C2H5NO2/c1-17(2,3)25-16(21)19-9-10-24-12(11-19)7-8-13-14(18)5-4-6-15(13)20(22)23;1-5-2(3)4/h4-8,12H,9-11H2,1-3H3;1H3,(H2,3,4)/b8-7+;/t12-;/m1./s1. The first-order valence-corrected chi connectivity index (χ1v) is 8.98. The summed E-state index contributed by atoms with van der Waals surface area (Å²) in [6.07, 6.45) is 1.13. The van der Waals surface area contributed by atoms with Crippen molar-refractivity contribution >= 4 is 23.9 Å². The number of nitrogens with two attached hydrogens (primary N) is 1.